The van der Waals surface area contributed by atoms with Crippen LogP contribution in [0.1, 0.15) is 39.4 Å². The van der Waals surface area contributed by atoms with Crippen LogP contribution in [0.5, 0.6) is 0 Å². The summed E-state index contributed by atoms with van der Waals surface area (Å²) in [5.41, 5.74) is -0.353. The molecule has 5 nitrogen and oxygen atoms in total. The van der Waals surface area contributed by atoms with Crippen molar-refractivity contribution in [2.24, 2.45) is 11.3 Å². The van der Waals surface area contributed by atoms with Crippen molar-refractivity contribution in [3.8, 4) is 0 Å². The van der Waals surface area contributed by atoms with Gasteiger partial charge in [-0.15, -0.1) is 0 Å². The van der Waals surface area contributed by atoms with Gasteiger partial charge in [0.05, 0.1) is 12.8 Å². The molecule has 5 heteroatoms. The second-order valence-corrected chi connectivity index (χ2v) is 6.61. The van der Waals surface area contributed by atoms with Gasteiger partial charge in [0.15, 0.2) is 0 Å². The number of furan rings is 1. The molecule has 0 atom stereocenters. The zero-order valence-electron chi connectivity index (χ0n) is 13.0. The third-order valence-electron chi connectivity index (χ3n) is 3.81. The molecule has 1 aliphatic heterocycles. The molecule has 116 valence electrons. The highest BCUT2D eigenvalue weighted by Crippen LogP contribution is 2.23. The maximum Gasteiger partial charge on any atom is 0.227 e. The SMILES string of the molecule is CC(C)(C)C(=O)N1CCC(C(=O)NCc2ccco2)CC1. The molecule has 0 unspecified atom stereocenters. The van der Waals surface area contributed by atoms with Gasteiger partial charge in [-0.25, -0.2) is 0 Å². The minimum Gasteiger partial charge on any atom is -0.467 e. The maximum atomic E-state index is 12.2. The van der Waals surface area contributed by atoms with Crippen molar-refractivity contribution in [2.75, 3.05) is 13.1 Å². The van der Waals surface area contributed by atoms with Crippen molar-refractivity contribution in [3.63, 3.8) is 0 Å². The van der Waals surface area contributed by atoms with E-state index in [9.17, 15) is 9.59 Å². The molecule has 1 N–H and O–H groups in total. The van der Waals surface area contributed by atoms with Gasteiger partial charge in [0.25, 0.3) is 0 Å². The van der Waals surface area contributed by atoms with Crippen molar-refractivity contribution < 1.29 is 14.0 Å². The van der Waals surface area contributed by atoms with E-state index in [2.05, 4.69) is 5.32 Å². The first-order valence-electron chi connectivity index (χ1n) is 7.47. The highest BCUT2D eigenvalue weighted by atomic mass is 16.3. The minimum absolute atomic E-state index is 0.0102. The van der Waals surface area contributed by atoms with Crippen LogP contribution in [0.25, 0.3) is 0 Å². The number of carbonyl (C=O) groups excluding carboxylic acids is 2. The molecule has 0 bridgehead atoms. The molecule has 2 rings (SSSR count). The Hall–Kier alpha value is -1.78. The summed E-state index contributed by atoms with van der Waals surface area (Å²) >= 11 is 0. The van der Waals surface area contributed by atoms with Crippen LogP contribution in [0, 0.1) is 11.3 Å². The Balaban J connectivity index is 1.78. The van der Waals surface area contributed by atoms with Crippen molar-refractivity contribution in [2.45, 2.75) is 40.2 Å². The molecule has 1 aromatic rings. The summed E-state index contributed by atoms with van der Waals surface area (Å²) in [6.45, 7) is 7.53. The number of nitrogens with zero attached hydrogens (tertiary/aromatic N) is 1. The van der Waals surface area contributed by atoms with E-state index in [1.54, 1.807) is 12.3 Å². The number of likely N-dealkylation sites (tertiary alicyclic amines) is 1. The van der Waals surface area contributed by atoms with Gasteiger partial charge in [-0.3, -0.25) is 9.59 Å². The second kappa shape index (κ2) is 6.33. The van der Waals surface area contributed by atoms with Crippen LogP contribution in [0.4, 0.5) is 0 Å². The number of rotatable bonds is 3. The fourth-order valence-electron chi connectivity index (χ4n) is 2.55. The maximum absolute atomic E-state index is 12.2. The fraction of sp³-hybridized carbons (Fsp3) is 0.625. The van der Waals surface area contributed by atoms with Crippen molar-refractivity contribution in [1.29, 1.82) is 0 Å². The highest BCUT2D eigenvalue weighted by Gasteiger charge is 2.32. The van der Waals surface area contributed by atoms with Crippen LogP contribution >= 0.6 is 0 Å². The van der Waals surface area contributed by atoms with Gasteiger partial charge in [0.1, 0.15) is 5.76 Å². The van der Waals surface area contributed by atoms with E-state index in [1.807, 2.05) is 31.7 Å². The molecule has 0 saturated carbocycles. The van der Waals surface area contributed by atoms with Gasteiger partial charge in [-0.2, -0.15) is 0 Å². The van der Waals surface area contributed by atoms with E-state index in [4.69, 9.17) is 4.42 Å². The zero-order valence-corrected chi connectivity index (χ0v) is 13.0. The van der Waals surface area contributed by atoms with Crippen LogP contribution in [0.15, 0.2) is 22.8 Å². The standard InChI is InChI=1S/C16H24N2O3/c1-16(2,3)15(20)18-8-6-12(7-9-18)14(19)17-11-13-5-4-10-21-13/h4-5,10,12H,6-9,11H2,1-3H3,(H,17,19). The lowest BCUT2D eigenvalue weighted by atomic mass is 9.90. The lowest BCUT2D eigenvalue weighted by Gasteiger charge is -2.35. The van der Waals surface area contributed by atoms with Gasteiger partial charge in [-0.05, 0) is 25.0 Å². The summed E-state index contributed by atoms with van der Waals surface area (Å²) < 4.78 is 5.19. The Labute approximate surface area is 125 Å². The van der Waals surface area contributed by atoms with E-state index in [1.165, 1.54) is 0 Å². The summed E-state index contributed by atoms with van der Waals surface area (Å²) in [7, 11) is 0. The summed E-state index contributed by atoms with van der Waals surface area (Å²) in [6, 6.07) is 3.64. The lowest BCUT2D eigenvalue weighted by Crippen LogP contribution is -2.46. The van der Waals surface area contributed by atoms with Crippen molar-refractivity contribution in [3.05, 3.63) is 24.2 Å². The number of carbonyl (C=O) groups is 2. The van der Waals surface area contributed by atoms with Gasteiger partial charge in [0.2, 0.25) is 11.8 Å². The first kappa shape index (κ1) is 15.6. The second-order valence-electron chi connectivity index (χ2n) is 6.61. The predicted molar refractivity (Wildman–Crippen MR) is 79.3 cm³/mol. The molecule has 0 radical (unpaired) electrons. The van der Waals surface area contributed by atoms with Crippen LogP contribution in [-0.2, 0) is 16.1 Å². The van der Waals surface area contributed by atoms with E-state index in [-0.39, 0.29) is 23.1 Å². The van der Waals surface area contributed by atoms with Gasteiger partial charge in [-0.1, -0.05) is 20.8 Å². The highest BCUT2D eigenvalue weighted by molar-refractivity contribution is 5.82. The molecule has 1 aromatic heterocycles. The predicted octanol–water partition coefficient (Wildman–Crippen LogP) is 2.18. The smallest absolute Gasteiger partial charge is 0.227 e. The molecule has 0 spiro atoms. The molecular weight excluding hydrogens is 268 g/mol. The molecular formula is C16H24N2O3. The number of piperidine rings is 1. The number of nitrogens with one attached hydrogen (secondary N) is 1. The van der Waals surface area contributed by atoms with Crippen molar-refractivity contribution in [1.82, 2.24) is 10.2 Å². The lowest BCUT2D eigenvalue weighted by molar-refractivity contribution is -0.142. The Morgan fingerprint density at radius 1 is 1.33 bits per heavy atom. The fourth-order valence-corrected chi connectivity index (χ4v) is 2.55. The van der Waals surface area contributed by atoms with Gasteiger partial charge < -0.3 is 14.6 Å². The molecule has 0 aliphatic carbocycles. The third-order valence-corrected chi connectivity index (χ3v) is 3.81. The molecule has 1 aliphatic rings. The molecule has 21 heavy (non-hydrogen) atoms. The number of hydrogen-bond acceptors (Lipinski definition) is 3. The van der Waals surface area contributed by atoms with Gasteiger partial charge in [0, 0.05) is 24.4 Å². The van der Waals surface area contributed by atoms with Gasteiger partial charge >= 0.3 is 0 Å². The van der Waals surface area contributed by atoms with Crippen molar-refractivity contribution >= 4 is 11.8 Å². The zero-order chi connectivity index (χ0) is 15.5. The van der Waals surface area contributed by atoms with E-state index >= 15 is 0 Å². The number of amides is 2. The average molecular weight is 292 g/mol. The molecule has 1 fully saturated rings. The topological polar surface area (TPSA) is 62.6 Å². The Bertz CT molecular complexity index is 480. The normalized spacial score (nSPS) is 16.8. The summed E-state index contributed by atoms with van der Waals surface area (Å²) in [5, 5.41) is 2.89. The number of hydrogen-bond donors (Lipinski definition) is 1. The summed E-state index contributed by atoms with van der Waals surface area (Å²) in [4.78, 5) is 26.2. The van der Waals surface area contributed by atoms with Crippen LogP contribution in [0.3, 0.4) is 0 Å². The Morgan fingerprint density at radius 3 is 2.52 bits per heavy atom. The molecule has 0 aromatic carbocycles. The average Bonchev–Trinajstić information content (AvgIpc) is 2.96. The molecule has 2 heterocycles. The van der Waals surface area contributed by atoms with E-state index in [0.717, 1.165) is 18.6 Å². The van der Waals surface area contributed by atoms with Crippen LogP contribution in [-0.4, -0.2) is 29.8 Å². The van der Waals surface area contributed by atoms with Crippen LogP contribution < -0.4 is 5.32 Å². The largest absolute Gasteiger partial charge is 0.467 e. The van der Waals surface area contributed by atoms with E-state index < -0.39 is 0 Å². The summed E-state index contributed by atoms with van der Waals surface area (Å²) in [6.07, 6.45) is 3.05. The quantitative estimate of drug-likeness (QED) is 0.928. The molecule has 2 amide bonds. The first-order valence-corrected chi connectivity index (χ1v) is 7.47. The minimum atomic E-state index is -0.353. The van der Waals surface area contributed by atoms with Crippen LogP contribution in [0.2, 0.25) is 0 Å². The Kier molecular flexibility index (Phi) is 4.70. The first-order chi connectivity index (χ1) is 9.88. The molecule has 1 saturated heterocycles. The Morgan fingerprint density at radius 2 is 2.00 bits per heavy atom. The van der Waals surface area contributed by atoms with E-state index in [0.29, 0.717) is 19.6 Å². The third kappa shape index (κ3) is 4.09. The monoisotopic (exact) mass is 292 g/mol. The summed E-state index contributed by atoms with van der Waals surface area (Å²) in [5.74, 6) is 0.957.